The second kappa shape index (κ2) is 8.52. The number of nitrogens with one attached hydrogen (secondary N) is 1. The molecule has 4 nitrogen and oxygen atoms in total. The SMILES string of the molecule is CC/C=C/NC(=O)/C=C\C=N/OC. The van der Waals surface area contributed by atoms with Gasteiger partial charge in [0.15, 0.2) is 0 Å². The van der Waals surface area contributed by atoms with Crippen LogP contribution >= 0.6 is 0 Å². The molecule has 0 aliphatic heterocycles. The highest BCUT2D eigenvalue weighted by atomic mass is 16.6. The highest BCUT2D eigenvalue weighted by Crippen LogP contribution is 1.77. The third kappa shape index (κ3) is 8.33. The van der Waals surface area contributed by atoms with Crippen molar-refractivity contribution in [2.45, 2.75) is 13.3 Å². The molecule has 0 saturated heterocycles. The van der Waals surface area contributed by atoms with Crippen LogP contribution in [0.5, 0.6) is 0 Å². The van der Waals surface area contributed by atoms with E-state index in [1.54, 1.807) is 6.20 Å². The smallest absolute Gasteiger partial charge is 0.247 e. The molecule has 4 heteroatoms. The highest BCUT2D eigenvalue weighted by Gasteiger charge is 1.86. The second-order valence-electron chi connectivity index (χ2n) is 2.12. The molecule has 72 valence electrons. The summed E-state index contributed by atoms with van der Waals surface area (Å²) in [5.41, 5.74) is 0. The van der Waals surface area contributed by atoms with Crippen LogP contribution < -0.4 is 5.32 Å². The number of hydrogen-bond donors (Lipinski definition) is 1. The molecule has 0 atom stereocenters. The summed E-state index contributed by atoms with van der Waals surface area (Å²) in [5.74, 6) is -0.188. The fraction of sp³-hybridized carbons (Fsp3) is 0.333. The fourth-order valence-corrected chi connectivity index (χ4v) is 0.533. The van der Waals surface area contributed by atoms with Crippen molar-refractivity contribution in [2.75, 3.05) is 7.11 Å². The van der Waals surface area contributed by atoms with Crippen LogP contribution in [-0.4, -0.2) is 19.2 Å². The lowest BCUT2D eigenvalue weighted by atomic mass is 10.4. The first-order valence-corrected chi connectivity index (χ1v) is 4.00. The molecule has 0 heterocycles. The Morgan fingerprint density at radius 1 is 1.62 bits per heavy atom. The van der Waals surface area contributed by atoms with Gasteiger partial charge in [-0.05, 0) is 12.5 Å². The largest absolute Gasteiger partial charge is 0.399 e. The van der Waals surface area contributed by atoms with E-state index in [0.717, 1.165) is 6.42 Å². The molecule has 13 heavy (non-hydrogen) atoms. The summed E-state index contributed by atoms with van der Waals surface area (Å²) in [6.07, 6.45) is 8.62. The summed E-state index contributed by atoms with van der Waals surface area (Å²) in [6.45, 7) is 1.99. The summed E-state index contributed by atoms with van der Waals surface area (Å²) in [4.78, 5) is 15.3. The van der Waals surface area contributed by atoms with Crippen LogP contribution in [0.25, 0.3) is 0 Å². The van der Waals surface area contributed by atoms with Gasteiger partial charge in [-0.25, -0.2) is 0 Å². The molecule has 0 bridgehead atoms. The molecule has 0 aromatic rings. The standard InChI is InChI=1S/C9H14N2O2/c1-3-4-7-10-9(12)6-5-8-11-13-2/h4-8H,3H2,1-2H3,(H,10,12)/b6-5-,7-4+,11-8-. The number of amides is 1. The van der Waals surface area contributed by atoms with E-state index < -0.39 is 0 Å². The number of oxime groups is 1. The van der Waals surface area contributed by atoms with E-state index in [2.05, 4.69) is 15.3 Å². The van der Waals surface area contributed by atoms with Crippen molar-refractivity contribution >= 4 is 12.1 Å². The Morgan fingerprint density at radius 2 is 2.38 bits per heavy atom. The summed E-state index contributed by atoms with van der Waals surface area (Å²) in [7, 11) is 1.44. The Hall–Kier alpha value is -1.58. The molecule has 0 spiro atoms. The zero-order chi connectivity index (χ0) is 9.94. The molecule has 0 rings (SSSR count). The zero-order valence-electron chi connectivity index (χ0n) is 7.86. The minimum atomic E-state index is -0.188. The van der Waals surface area contributed by atoms with E-state index in [-0.39, 0.29) is 5.91 Å². The second-order valence-corrected chi connectivity index (χ2v) is 2.12. The molecule has 0 radical (unpaired) electrons. The molecular formula is C9H14N2O2. The summed E-state index contributed by atoms with van der Waals surface area (Å²) >= 11 is 0. The first-order chi connectivity index (χ1) is 6.31. The Balaban J connectivity index is 3.67. The minimum absolute atomic E-state index is 0.188. The van der Waals surface area contributed by atoms with Crippen molar-refractivity contribution in [1.82, 2.24) is 5.32 Å². The van der Waals surface area contributed by atoms with Gasteiger partial charge in [-0.2, -0.15) is 0 Å². The topological polar surface area (TPSA) is 50.7 Å². The van der Waals surface area contributed by atoms with Crippen molar-refractivity contribution in [2.24, 2.45) is 5.16 Å². The molecule has 0 unspecified atom stereocenters. The lowest BCUT2D eigenvalue weighted by Gasteiger charge is -1.90. The van der Waals surface area contributed by atoms with Gasteiger partial charge in [0, 0.05) is 12.3 Å². The average molecular weight is 182 g/mol. The number of carbonyl (C=O) groups is 1. The van der Waals surface area contributed by atoms with Crippen molar-refractivity contribution in [3.63, 3.8) is 0 Å². The van der Waals surface area contributed by atoms with Crippen molar-refractivity contribution in [3.8, 4) is 0 Å². The Labute approximate surface area is 78.0 Å². The van der Waals surface area contributed by atoms with Crippen molar-refractivity contribution < 1.29 is 9.63 Å². The van der Waals surface area contributed by atoms with E-state index in [4.69, 9.17) is 0 Å². The number of hydrogen-bond acceptors (Lipinski definition) is 3. The maximum Gasteiger partial charge on any atom is 0.247 e. The maximum atomic E-state index is 10.9. The third-order valence-electron chi connectivity index (χ3n) is 1.08. The summed E-state index contributed by atoms with van der Waals surface area (Å²) in [6, 6.07) is 0. The predicted molar refractivity (Wildman–Crippen MR) is 52.2 cm³/mol. The Kier molecular flexibility index (Phi) is 7.48. The van der Waals surface area contributed by atoms with Crippen molar-refractivity contribution in [1.29, 1.82) is 0 Å². The molecule has 0 fully saturated rings. The Bertz CT molecular complexity index is 220. The first kappa shape index (κ1) is 11.4. The monoisotopic (exact) mass is 182 g/mol. The van der Waals surface area contributed by atoms with Crippen molar-refractivity contribution in [3.05, 3.63) is 24.4 Å². The van der Waals surface area contributed by atoms with Crippen LogP contribution in [0.2, 0.25) is 0 Å². The van der Waals surface area contributed by atoms with Gasteiger partial charge in [0.25, 0.3) is 0 Å². The normalized spacial score (nSPS) is 11.5. The molecule has 0 aromatic carbocycles. The average Bonchev–Trinajstić information content (AvgIpc) is 2.13. The lowest BCUT2D eigenvalue weighted by molar-refractivity contribution is -0.115. The van der Waals surface area contributed by atoms with E-state index in [1.165, 1.54) is 25.5 Å². The summed E-state index contributed by atoms with van der Waals surface area (Å²) in [5, 5.41) is 5.98. The van der Waals surface area contributed by atoms with Gasteiger partial charge >= 0.3 is 0 Å². The Morgan fingerprint density at radius 3 is 3.00 bits per heavy atom. The van der Waals surface area contributed by atoms with Gasteiger partial charge < -0.3 is 10.2 Å². The van der Waals surface area contributed by atoms with Gasteiger partial charge in [-0.3, -0.25) is 4.79 Å². The van der Waals surface area contributed by atoms with Gasteiger partial charge in [0.2, 0.25) is 5.91 Å². The van der Waals surface area contributed by atoms with Crippen LogP contribution in [0.1, 0.15) is 13.3 Å². The number of allylic oxidation sites excluding steroid dienone is 2. The molecule has 0 saturated carbocycles. The molecule has 0 aliphatic carbocycles. The molecule has 1 amide bonds. The highest BCUT2D eigenvalue weighted by molar-refractivity contribution is 5.92. The van der Waals surface area contributed by atoms with Gasteiger partial charge in [-0.1, -0.05) is 18.2 Å². The van der Waals surface area contributed by atoms with E-state index in [1.807, 2.05) is 13.0 Å². The van der Waals surface area contributed by atoms with Gasteiger partial charge in [-0.15, -0.1) is 0 Å². The molecular weight excluding hydrogens is 168 g/mol. The fourth-order valence-electron chi connectivity index (χ4n) is 0.533. The first-order valence-electron chi connectivity index (χ1n) is 4.00. The van der Waals surface area contributed by atoms with Crippen LogP contribution in [0, 0.1) is 0 Å². The lowest BCUT2D eigenvalue weighted by Crippen LogP contribution is -2.13. The minimum Gasteiger partial charge on any atom is -0.399 e. The van der Waals surface area contributed by atoms with Gasteiger partial charge in [0.05, 0.1) is 6.21 Å². The van der Waals surface area contributed by atoms with Gasteiger partial charge in [0.1, 0.15) is 7.11 Å². The number of rotatable bonds is 5. The van der Waals surface area contributed by atoms with E-state index in [9.17, 15) is 4.79 Å². The van der Waals surface area contributed by atoms with Crippen LogP contribution in [0.15, 0.2) is 29.6 Å². The van der Waals surface area contributed by atoms with E-state index >= 15 is 0 Å². The molecule has 0 aliphatic rings. The number of nitrogens with zero attached hydrogens (tertiary/aromatic N) is 1. The molecule has 0 aromatic heterocycles. The number of carbonyl (C=O) groups excluding carboxylic acids is 1. The van der Waals surface area contributed by atoms with Crippen LogP contribution in [0.4, 0.5) is 0 Å². The van der Waals surface area contributed by atoms with E-state index in [0.29, 0.717) is 0 Å². The van der Waals surface area contributed by atoms with Crippen LogP contribution in [0.3, 0.4) is 0 Å². The summed E-state index contributed by atoms with van der Waals surface area (Å²) < 4.78 is 0. The predicted octanol–water partition coefficient (Wildman–Crippen LogP) is 1.21. The molecule has 1 N–H and O–H groups in total. The zero-order valence-corrected chi connectivity index (χ0v) is 7.86. The quantitative estimate of drug-likeness (QED) is 0.395. The third-order valence-corrected chi connectivity index (χ3v) is 1.08. The maximum absolute atomic E-state index is 10.9. The van der Waals surface area contributed by atoms with Crippen LogP contribution in [-0.2, 0) is 9.63 Å².